The molecule has 3 heterocycles. The molecule has 2 aliphatic rings. The first-order chi connectivity index (χ1) is 11.4. The summed E-state index contributed by atoms with van der Waals surface area (Å²) in [6.07, 6.45) is 4.11. The smallest absolute Gasteiger partial charge is 0.325 e. The van der Waals surface area contributed by atoms with Gasteiger partial charge in [0.2, 0.25) is 5.95 Å². The lowest BCUT2D eigenvalue weighted by Gasteiger charge is -2.37. The van der Waals surface area contributed by atoms with E-state index in [0.29, 0.717) is 31.9 Å². The molecule has 128 valence electrons. The number of hydrogen-bond acceptors (Lipinski definition) is 6. The van der Waals surface area contributed by atoms with Crippen molar-refractivity contribution in [3.05, 3.63) is 18.0 Å². The number of amides is 3. The molecule has 0 radical (unpaired) electrons. The minimum atomic E-state index is -1.04. The molecule has 2 aliphatic heterocycles. The Labute approximate surface area is 138 Å². The minimum absolute atomic E-state index is 0.105. The lowest BCUT2D eigenvalue weighted by atomic mass is 9.87. The Kier molecular flexibility index (Phi) is 4.08. The van der Waals surface area contributed by atoms with E-state index in [1.165, 1.54) is 0 Å². The minimum Gasteiger partial charge on any atom is -0.481 e. The van der Waals surface area contributed by atoms with Crippen LogP contribution in [0.1, 0.15) is 24.8 Å². The molecule has 0 unspecified atom stereocenters. The fraction of sp³-hybridized carbons (Fsp3) is 0.533. The maximum absolute atomic E-state index is 12.6. The summed E-state index contributed by atoms with van der Waals surface area (Å²) in [5.41, 5.74) is 0.0380. The summed E-state index contributed by atoms with van der Waals surface area (Å²) in [6, 6.07) is -0.513. The number of carboxylic acids is 1. The quantitative estimate of drug-likeness (QED) is 0.753. The van der Waals surface area contributed by atoms with Crippen molar-refractivity contribution in [2.75, 3.05) is 24.5 Å². The Morgan fingerprint density at radius 1 is 1.29 bits per heavy atom. The van der Waals surface area contributed by atoms with Gasteiger partial charge >= 0.3 is 12.0 Å². The van der Waals surface area contributed by atoms with Crippen LogP contribution in [0.5, 0.6) is 0 Å². The second kappa shape index (κ2) is 6.06. The Bertz CT molecular complexity index is 667. The zero-order valence-electron chi connectivity index (χ0n) is 13.4. The average molecular weight is 333 g/mol. The third kappa shape index (κ3) is 2.89. The van der Waals surface area contributed by atoms with Gasteiger partial charge in [-0.05, 0) is 25.3 Å². The van der Waals surface area contributed by atoms with Gasteiger partial charge in [0.15, 0.2) is 0 Å². The molecular weight excluding hydrogens is 314 g/mol. The van der Waals surface area contributed by atoms with E-state index in [1.807, 2.05) is 11.8 Å². The van der Waals surface area contributed by atoms with Crippen molar-refractivity contribution in [1.82, 2.24) is 20.2 Å². The van der Waals surface area contributed by atoms with Crippen LogP contribution in [0.2, 0.25) is 0 Å². The molecule has 0 atom stereocenters. The lowest BCUT2D eigenvalue weighted by molar-refractivity contribution is -0.138. The molecule has 2 N–H and O–H groups in total. The molecule has 0 aromatic carbocycles. The van der Waals surface area contributed by atoms with E-state index in [9.17, 15) is 14.4 Å². The maximum atomic E-state index is 12.6. The number of carbonyl (C=O) groups is 3. The molecule has 1 spiro atoms. The van der Waals surface area contributed by atoms with Crippen LogP contribution in [0.25, 0.3) is 0 Å². The summed E-state index contributed by atoms with van der Waals surface area (Å²) in [7, 11) is 0. The number of urea groups is 1. The molecule has 1 aromatic heterocycles. The van der Waals surface area contributed by atoms with E-state index in [-0.39, 0.29) is 18.9 Å². The molecule has 2 saturated heterocycles. The van der Waals surface area contributed by atoms with Gasteiger partial charge in [0.05, 0.1) is 6.42 Å². The van der Waals surface area contributed by atoms with E-state index >= 15 is 0 Å². The number of carbonyl (C=O) groups excluding carboxylic acids is 2. The van der Waals surface area contributed by atoms with Crippen LogP contribution in [-0.2, 0) is 9.59 Å². The highest BCUT2D eigenvalue weighted by molar-refractivity contribution is 6.07. The van der Waals surface area contributed by atoms with E-state index in [1.54, 1.807) is 12.4 Å². The molecule has 3 rings (SSSR count). The molecule has 0 saturated carbocycles. The second-order valence-electron chi connectivity index (χ2n) is 6.16. The maximum Gasteiger partial charge on any atom is 0.325 e. The highest BCUT2D eigenvalue weighted by atomic mass is 16.4. The van der Waals surface area contributed by atoms with Gasteiger partial charge in [-0.25, -0.2) is 14.8 Å². The number of hydrogen-bond donors (Lipinski definition) is 2. The molecule has 1 aromatic rings. The fourth-order valence-corrected chi connectivity index (χ4v) is 3.06. The monoisotopic (exact) mass is 333 g/mol. The third-order valence-corrected chi connectivity index (χ3v) is 4.46. The van der Waals surface area contributed by atoms with Crippen molar-refractivity contribution in [3.63, 3.8) is 0 Å². The van der Waals surface area contributed by atoms with E-state index < -0.39 is 17.5 Å². The van der Waals surface area contributed by atoms with Crippen LogP contribution in [0.3, 0.4) is 0 Å². The van der Waals surface area contributed by atoms with E-state index in [2.05, 4.69) is 15.3 Å². The van der Waals surface area contributed by atoms with Crippen LogP contribution >= 0.6 is 0 Å². The number of anilines is 1. The molecule has 9 nitrogen and oxygen atoms in total. The zero-order chi connectivity index (χ0) is 17.3. The summed E-state index contributed by atoms with van der Waals surface area (Å²) in [5, 5.41) is 11.5. The SMILES string of the molecule is Cc1cnc(N2CCC3(CC2)NC(=O)N(CCC(=O)O)C3=O)nc1. The highest BCUT2D eigenvalue weighted by Gasteiger charge is 2.52. The first-order valence-corrected chi connectivity index (χ1v) is 7.81. The topological polar surface area (TPSA) is 116 Å². The van der Waals surface area contributed by atoms with Crippen molar-refractivity contribution in [2.24, 2.45) is 0 Å². The summed E-state index contributed by atoms with van der Waals surface area (Å²) in [6.45, 7) is 2.89. The Balaban J connectivity index is 1.66. The largest absolute Gasteiger partial charge is 0.481 e. The highest BCUT2D eigenvalue weighted by Crippen LogP contribution is 2.30. The van der Waals surface area contributed by atoms with Crippen LogP contribution in [0.4, 0.5) is 10.7 Å². The Hall–Kier alpha value is -2.71. The number of carboxylic acid groups (broad SMARTS) is 1. The third-order valence-electron chi connectivity index (χ3n) is 4.46. The van der Waals surface area contributed by atoms with Crippen LogP contribution in [0.15, 0.2) is 12.4 Å². The van der Waals surface area contributed by atoms with Crippen LogP contribution in [-0.4, -0.2) is 63.1 Å². The standard InChI is InChI=1S/C15H19N5O4/c1-10-8-16-13(17-9-10)19-6-3-15(4-7-19)12(23)20(14(24)18-15)5-2-11(21)22/h8-9H,2-7H2,1H3,(H,18,24)(H,21,22). The average Bonchev–Trinajstić information content (AvgIpc) is 2.78. The van der Waals surface area contributed by atoms with Crippen molar-refractivity contribution in [1.29, 1.82) is 0 Å². The Morgan fingerprint density at radius 3 is 2.50 bits per heavy atom. The predicted octanol–water partition coefficient (Wildman–Crippen LogP) is 0.151. The van der Waals surface area contributed by atoms with Gasteiger partial charge in [-0.2, -0.15) is 0 Å². The number of nitrogens with zero attached hydrogens (tertiary/aromatic N) is 4. The van der Waals surface area contributed by atoms with Crippen molar-refractivity contribution in [3.8, 4) is 0 Å². The predicted molar refractivity (Wildman–Crippen MR) is 83.4 cm³/mol. The van der Waals surface area contributed by atoms with Gasteiger partial charge in [0.25, 0.3) is 5.91 Å². The van der Waals surface area contributed by atoms with E-state index in [4.69, 9.17) is 5.11 Å². The number of aryl methyl sites for hydroxylation is 1. The molecule has 24 heavy (non-hydrogen) atoms. The first-order valence-electron chi connectivity index (χ1n) is 7.81. The first kappa shape index (κ1) is 16.2. The molecule has 2 fully saturated rings. The van der Waals surface area contributed by atoms with Gasteiger partial charge in [-0.3, -0.25) is 14.5 Å². The molecule has 9 heteroatoms. The van der Waals surface area contributed by atoms with Gasteiger partial charge in [0.1, 0.15) is 5.54 Å². The molecule has 0 aliphatic carbocycles. The number of piperidine rings is 1. The Morgan fingerprint density at radius 2 is 1.92 bits per heavy atom. The van der Waals surface area contributed by atoms with Crippen LogP contribution in [0, 0.1) is 6.92 Å². The number of imide groups is 1. The molecule has 0 bridgehead atoms. The second-order valence-corrected chi connectivity index (χ2v) is 6.16. The summed E-state index contributed by atoms with van der Waals surface area (Å²) < 4.78 is 0. The summed E-state index contributed by atoms with van der Waals surface area (Å²) in [4.78, 5) is 46.8. The lowest BCUT2D eigenvalue weighted by Crippen LogP contribution is -2.55. The van der Waals surface area contributed by atoms with Crippen LogP contribution < -0.4 is 10.2 Å². The zero-order valence-corrected chi connectivity index (χ0v) is 13.4. The normalized spacial score (nSPS) is 19.7. The van der Waals surface area contributed by atoms with Gasteiger partial charge < -0.3 is 15.3 Å². The van der Waals surface area contributed by atoms with Crippen molar-refractivity contribution in [2.45, 2.75) is 31.7 Å². The van der Waals surface area contributed by atoms with Gasteiger partial charge in [-0.1, -0.05) is 0 Å². The molecule has 3 amide bonds. The van der Waals surface area contributed by atoms with Crippen molar-refractivity contribution < 1.29 is 19.5 Å². The number of aromatic nitrogens is 2. The van der Waals surface area contributed by atoms with Gasteiger partial charge in [0, 0.05) is 32.0 Å². The van der Waals surface area contributed by atoms with Gasteiger partial charge in [-0.15, -0.1) is 0 Å². The molecular formula is C15H19N5O4. The number of aliphatic carboxylic acids is 1. The fourth-order valence-electron chi connectivity index (χ4n) is 3.06. The number of rotatable bonds is 4. The van der Waals surface area contributed by atoms with Crippen molar-refractivity contribution >= 4 is 23.9 Å². The number of nitrogens with one attached hydrogen (secondary N) is 1. The van der Waals surface area contributed by atoms with E-state index in [0.717, 1.165) is 10.5 Å². The summed E-state index contributed by atoms with van der Waals surface area (Å²) in [5.74, 6) is -0.768. The summed E-state index contributed by atoms with van der Waals surface area (Å²) >= 11 is 0.